The van der Waals surface area contributed by atoms with Crippen LogP contribution in [0.2, 0.25) is 0 Å². The molecule has 1 unspecified atom stereocenters. The van der Waals surface area contributed by atoms with Gasteiger partial charge in [0.2, 0.25) is 0 Å². The second-order valence-corrected chi connectivity index (χ2v) is 2.01. The standard InChI is InChI=1S/C6H11ClO/c1-2-6(8)4-3-5-7/h2,6,8H,1,3-5H2. The van der Waals surface area contributed by atoms with Crippen molar-refractivity contribution >= 4 is 11.6 Å². The number of aliphatic hydroxyl groups is 1. The summed E-state index contributed by atoms with van der Waals surface area (Å²) < 4.78 is 0. The zero-order valence-corrected chi connectivity index (χ0v) is 5.56. The largest absolute Gasteiger partial charge is 0.389 e. The molecule has 1 nitrogen and oxygen atoms in total. The van der Waals surface area contributed by atoms with Crippen LogP contribution in [0.5, 0.6) is 0 Å². The van der Waals surface area contributed by atoms with Gasteiger partial charge in [-0.15, -0.1) is 18.2 Å². The monoisotopic (exact) mass is 134 g/mol. The average molecular weight is 135 g/mol. The minimum atomic E-state index is -0.367. The average Bonchev–Trinajstić information content (AvgIpc) is 1.83. The molecule has 0 fully saturated rings. The quantitative estimate of drug-likeness (QED) is 0.457. The molecule has 2 heteroatoms. The molecule has 8 heavy (non-hydrogen) atoms. The SMILES string of the molecule is C=CC(O)CCCCl. The highest BCUT2D eigenvalue weighted by Gasteiger charge is 1.94. The number of aliphatic hydroxyl groups excluding tert-OH is 1. The molecular weight excluding hydrogens is 124 g/mol. The van der Waals surface area contributed by atoms with Crippen LogP contribution in [0.4, 0.5) is 0 Å². The Labute approximate surface area is 55.0 Å². The van der Waals surface area contributed by atoms with Crippen molar-refractivity contribution in [3.8, 4) is 0 Å². The highest BCUT2D eigenvalue weighted by atomic mass is 35.5. The van der Waals surface area contributed by atoms with Gasteiger partial charge in [0.15, 0.2) is 0 Å². The van der Waals surface area contributed by atoms with Gasteiger partial charge in [-0.2, -0.15) is 0 Å². The zero-order valence-electron chi connectivity index (χ0n) is 4.81. The zero-order chi connectivity index (χ0) is 6.41. The lowest BCUT2D eigenvalue weighted by atomic mass is 10.2. The van der Waals surface area contributed by atoms with E-state index in [1.165, 1.54) is 6.08 Å². The first kappa shape index (κ1) is 7.99. The lowest BCUT2D eigenvalue weighted by molar-refractivity contribution is 0.212. The number of alkyl halides is 1. The maximum atomic E-state index is 8.81. The molecule has 48 valence electrons. The second kappa shape index (κ2) is 5.13. The van der Waals surface area contributed by atoms with Gasteiger partial charge in [-0.05, 0) is 12.8 Å². The fraction of sp³-hybridized carbons (Fsp3) is 0.667. The van der Waals surface area contributed by atoms with Gasteiger partial charge in [0.1, 0.15) is 0 Å². The summed E-state index contributed by atoms with van der Waals surface area (Å²) in [6.07, 6.45) is 2.74. The Morgan fingerprint density at radius 2 is 2.38 bits per heavy atom. The summed E-state index contributed by atoms with van der Waals surface area (Å²) in [5, 5.41) is 8.81. The molecule has 0 heterocycles. The van der Waals surface area contributed by atoms with Crippen molar-refractivity contribution in [3.63, 3.8) is 0 Å². The van der Waals surface area contributed by atoms with Crippen molar-refractivity contribution < 1.29 is 5.11 Å². The number of rotatable bonds is 4. The predicted molar refractivity (Wildman–Crippen MR) is 36.2 cm³/mol. The van der Waals surface area contributed by atoms with Crippen molar-refractivity contribution in [3.05, 3.63) is 12.7 Å². The van der Waals surface area contributed by atoms with Gasteiger partial charge in [0.25, 0.3) is 0 Å². The molecule has 1 N–H and O–H groups in total. The Balaban J connectivity index is 2.98. The van der Waals surface area contributed by atoms with Gasteiger partial charge >= 0.3 is 0 Å². The van der Waals surface area contributed by atoms with Gasteiger partial charge in [-0.3, -0.25) is 0 Å². The Bertz CT molecular complexity index is 63.5. The molecule has 0 spiro atoms. The molecule has 0 aromatic rings. The fourth-order valence-corrected chi connectivity index (χ4v) is 0.558. The fourth-order valence-electron chi connectivity index (χ4n) is 0.404. The highest BCUT2D eigenvalue weighted by Crippen LogP contribution is 1.97. The van der Waals surface area contributed by atoms with Crippen LogP contribution in [-0.4, -0.2) is 17.1 Å². The van der Waals surface area contributed by atoms with E-state index in [1.54, 1.807) is 0 Å². The van der Waals surface area contributed by atoms with Gasteiger partial charge in [0.05, 0.1) is 6.10 Å². The summed E-state index contributed by atoms with van der Waals surface area (Å²) in [4.78, 5) is 0. The van der Waals surface area contributed by atoms with E-state index < -0.39 is 0 Å². The van der Waals surface area contributed by atoms with E-state index in [-0.39, 0.29) is 6.10 Å². The lowest BCUT2D eigenvalue weighted by Crippen LogP contribution is -2.00. The molecule has 0 saturated carbocycles. The second-order valence-electron chi connectivity index (χ2n) is 1.63. The third-order valence-electron chi connectivity index (χ3n) is 0.906. The van der Waals surface area contributed by atoms with Crippen LogP contribution in [0.15, 0.2) is 12.7 Å². The van der Waals surface area contributed by atoms with Crippen molar-refractivity contribution in [1.82, 2.24) is 0 Å². The number of halogens is 1. The smallest absolute Gasteiger partial charge is 0.0718 e. The van der Waals surface area contributed by atoms with E-state index >= 15 is 0 Å². The Hall–Kier alpha value is -0.0100. The minimum absolute atomic E-state index is 0.367. The molecule has 0 aliphatic rings. The van der Waals surface area contributed by atoms with Gasteiger partial charge in [-0.1, -0.05) is 6.08 Å². The van der Waals surface area contributed by atoms with Crippen molar-refractivity contribution in [1.29, 1.82) is 0 Å². The van der Waals surface area contributed by atoms with Crippen molar-refractivity contribution in [2.45, 2.75) is 18.9 Å². The van der Waals surface area contributed by atoms with Crippen LogP contribution in [0.1, 0.15) is 12.8 Å². The first-order valence-electron chi connectivity index (χ1n) is 2.68. The van der Waals surface area contributed by atoms with Gasteiger partial charge in [0, 0.05) is 5.88 Å². The van der Waals surface area contributed by atoms with Gasteiger partial charge < -0.3 is 5.11 Å². The Morgan fingerprint density at radius 1 is 1.75 bits per heavy atom. The lowest BCUT2D eigenvalue weighted by Gasteiger charge is -1.99. The maximum absolute atomic E-state index is 8.81. The summed E-state index contributed by atoms with van der Waals surface area (Å²) in [6.45, 7) is 3.42. The summed E-state index contributed by atoms with van der Waals surface area (Å²) >= 11 is 5.36. The molecule has 0 aliphatic carbocycles. The van der Waals surface area contributed by atoms with E-state index in [0.29, 0.717) is 5.88 Å². The Morgan fingerprint density at radius 3 is 2.75 bits per heavy atom. The molecule has 0 bridgehead atoms. The molecule has 1 atom stereocenters. The van der Waals surface area contributed by atoms with Crippen molar-refractivity contribution in [2.75, 3.05) is 5.88 Å². The van der Waals surface area contributed by atoms with Crippen LogP contribution in [-0.2, 0) is 0 Å². The van der Waals surface area contributed by atoms with E-state index in [0.717, 1.165) is 12.8 Å². The van der Waals surface area contributed by atoms with E-state index in [4.69, 9.17) is 16.7 Å². The minimum Gasteiger partial charge on any atom is -0.389 e. The third-order valence-corrected chi connectivity index (χ3v) is 1.17. The van der Waals surface area contributed by atoms with Crippen LogP contribution in [0, 0.1) is 0 Å². The summed E-state index contributed by atoms with van der Waals surface area (Å²) in [6, 6.07) is 0. The van der Waals surface area contributed by atoms with E-state index in [2.05, 4.69) is 6.58 Å². The third kappa shape index (κ3) is 4.16. The molecule has 0 aromatic heterocycles. The Kier molecular flexibility index (Phi) is 5.13. The summed E-state index contributed by atoms with van der Waals surface area (Å²) in [5.74, 6) is 0.616. The molecular formula is C6H11ClO. The summed E-state index contributed by atoms with van der Waals surface area (Å²) in [7, 11) is 0. The van der Waals surface area contributed by atoms with E-state index in [1.807, 2.05) is 0 Å². The molecule has 0 radical (unpaired) electrons. The normalized spacial score (nSPS) is 13.2. The van der Waals surface area contributed by atoms with Gasteiger partial charge in [-0.25, -0.2) is 0 Å². The van der Waals surface area contributed by atoms with Crippen LogP contribution in [0.3, 0.4) is 0 Å². The molecule has 0 aromatic carbocycles. The van der Waals surface area contributed by atoms with Crippen LogP contribution >= 0.6 is 11.6 Å². The van der Waals surface area contributed by atoms with Crippen LogP contribution in [0.25, 0.3) is 0 Å². The maximum Gasteiger partial charge on any atom is 0.0718 e. The number of hydrogen-bond donors (Lipinski definition) is 1. The molecule has 0 aliphatic heterocycles. The van der Waals surface area contributed by atoms with Crippen LogP contribution < -0.4 is 0 Å². The number of hydrogen-bond acceptors (Lipinski definition) is 1. The summed E-state index contributed by atoms with van der Waals surface area (Å²) in [5.41, 5.74) is 0. The molecule has 0 saturated heterocycles. The first-order chi connectivity index (χ1) is 3.81. The topological polar surface area (TPSA) is 20.2 Å². The predicted octanol–water partition coefficient (Wildman–Crippen LogP) is 1.55. The van der Waals surface area contributed by atoms with E-state index in [9.17, 15) is 0 Å². The highest BCUT2D eigenvalue weighted by molar-refractivity contribution is 6.17. The molecule has 0 rings (SSSR count). The van der Waals surface area contributed by atoms with Crippen molar-refractivity contribution in [2.24, 2.45) is 0 Å². The molecule has 0 amide bonds. The first-order valence-corrected chi connectivity index (χ1v) is 3.21.